The maximum absolute atomic E-state index is 10.5. The molecule has 92 valence electrons. The number of carboxylic acid groups (broad SMARTS) is 1. The summed E-state index contributed by atoms with van der Waals surface area (Å²) in [5.41, 5.74) is 2.63. The smallest absolute Gasteiger partial charge is 0.328 e. The van der Waals surface area contributed by atoms with Crippen LogP contribution in [0.2, 0.25) is 0 Å². The predicted octanol–water partition coefficient (Wildman–Crippen LogP) is 2.06. The summed E-state index contributed by atoms with van der Waals surface area (Å²) in [5, 5.41) is 12.9. The number of aryl methyl sites for hydroxylation is 1. The molecule has 0 amide bonds. The van der Waals surface area contributed by atoms with Gasteiger partial charge in [0.1, 0.15) is 0 Å². The lowest BCUT2D eigenvalue weighted by Gasteiger charge is -2.01. The van der Waals surface area contributed by atoms with E-state index >= 15 is 0 Å². The molecule has 2 aromatic rings. The molecule has 0 bridgehead atoms. The van der Waals surface area contributed by atoms with Crippen molar-refractivity contribution < 1.29 is 9.90 Å². The van der Waals surface area contributed by atoms with Gasteiger partial charge in [0.05, 0.1) is 6.20 Å². The van der Waals surface area contributed by atoms with Crippen molar-refractivity contribution in [2.75, 3.05) is 0 Å². The van der Waals surface area contributed by atoms with Crippen LogP contribution in [-0.4, -0.2) is 25.8 Å². The minimum atomic E-state index is -0.978. The molecule has 0 fully saturated rings. The van der Waals surface area contributed by atoms with Gasteiger partial charge in [-0.1, -0.05) is 0 Å². The molecule has 0 spiro atoms. The van der Waals surface area contributed by atoms with Crippen molar-refractivity contribution >= 4 is 12.0 Å². The van der Waals surface area contributed by atoms with Crippen molar-refractivity contribution in [1.29, 1.82) is 0 Å². The van der Waals surface area contributed by atoms with E-state index in [1.165, 1.54) is 6.08 Å². The first-order valence-corrected chi connectivity index (χ1v) is 5.58. The fraction of sp³-hybridized carbons (Fsp3) is 0.154. The van der Waals surface area contributed by atoms with Gasteiger partial charge in [-0.15, -0.1) is 0 Å². The monoisotopic (exact) mass is 243 g/mol. The van der Waals surface area contributed by atoms with E-state index in [4.69, 9.17) is 5.11 Å². The molecular formula is C13H13N3O2. The molecule has 0 saturated heterocycles. The Morgan fingerprint density at radius 3 is 3.00 bits per heavy atom. The number of aromatic nitrogens is 3. The highest BCUT2D eigenvalue weighted by molar-refractivity contribution is 5.87. The zero-order valence-corrected chi connectivity index (χ0v) is 9.95. The van der Waals surface area contributed by atoms with Crippen LogP contribution < -0.4 is 0 Å². The highest BCUT2D eigenvalue weighted by Gasteiger charge is 2.05. The van der Waals surface area contributed by atoms with Crippen LogP contribution >= 0.6 is 0 Å². The fourth-order valence-corrected chi connectivity index (χ4v) is 1.64. The second-order valence-electron chi connectivity index (χ2n) is 3.72. The second-order valence-corrected chi connectivity index (χ2v) is 3.72. The summed E-state index contributed by atoms with van der Waals surface area (Å²) in [6, 6.07) is 1.85. The van der Waals surface area contributed by atoms with Crippen LogP contribution in [0.5, 0.6) is 0 Å². The maximum Gasteiger partial charge on any atom is 0.328 e. The Morgan fingerprint density at radius 1 is 1.50 bits per heavy atom. The predicted molar refractivity (Wildman–Crippen MR) is 67.8 cm³/mol. The molecule has 0 unspecified atom stereocenters. The van der Waals surface area contributed by atoms with Crippen LogP contribution in [-0.2, 0) is 11.3 Å². The van der Waals surface area contributed by atoms with Gasteiger partial charge in [-0.05, 0) is 24.6 Å². The van der Waals surface area contributed by atoms with Crippen LogP contribution in [0.25, 0.3) is 17.2 Å². The van der Waals surface area contributed by atoms with Crippen LogP contribution in [0.3, 0.4) is 0 Å². The average Bonchev–Trinajstić information content (AvgIpc) is 2.85. The number of hydrogen-bond donors (Lipinski definition) is 1. The van der Waals surface area contributed by atoms with Crippen LogP contribution in [0.15, 0.2) is 36.9 Å². The molecule has 0 saturated carbocycles. The lowest BCUT2D eigenvalue weighted by atomic mass is 10.1. The first-order chi connectivity index (χ1) is 8.70. The first kappa shape index (κ1) is 12.0. The summed E-state index contributed by atoms with van der Waals surface area (Å²) in [7, 11) is 0. The number of hydrogen-bond acceptors (Lipinski definition) is 3. The molecule has 0 aliphatic heterocycles. The van der Waals surface area contributed by atoms with E-state index in [9.17, 15) is 4.79 Å². The van der Waals surface area contributed by atoms with Gasteiger partial charge in [0.25, 0.3) is 0 Å². The SMILES string of the molecule is CCn1cc(-c2ccncc2C=CC(=O)O)cn1. The van der Waals surface area contributed by atoms with Gasteiger partial charge in [-0.3, -0.25) is 9.67 Å². The van der Waals surface area contributed by atoms with E-state index in [0.717, 1.165) is 29.3 Å². The number of carbonyl (C=O) groups is 1. The van der Waals surface area contributed by atoms with E-state index in [1.54, 1.807) is 18.6 Å². The van der Waals surface area contributed by atoms with E-state index < -0.39 is 5.97 Å². The fourth-order valence-electron chi connectivity index (χ4n) is 1.64. The van der Waals surface area contributed by atoms with Crippen LogP contribution in [0.1, 0.15) is 12.5 Å². The summed E-state index contributed by atoms with van der Waals surface area (Å²) in [6.45, 7) is 2.81. The number of carboxylic acids is 1. The summed E-state index contributed by atoms with van der Waals surface area (Å²) >= 11 is 0. The van der Waals surface area contributed by atoms with E-state index in [0.29, 0.717) is 0 Å². The highest BCUT2D eigenvalue weighted by Crippen LogP contribution is 2.23. The Hall–Kier alpha value is -2.43. The summed E-state index contributed by atoms with van der Waals surface area (Å²) < 4.78 is 1.82. The zero-order chi connectivity index (χ0) is 13.0. The van der Waals surface area contributed by atoms with Crippen molar-refractivity contribution in [1.82, 2.24) is 14.8 Å². The molecule has 0 aromatic carbocycles. The molecule has 5 nitrogen and oxygen atoms in total. The molecule has 2 aromatic heterocycles. The van der Waals surface area contributed by atoms with Gasteiger partial charge < -0.3 is 5.11 Å². The Morgan fingerprint density at radius 2 is 2.33 bits per heavy atom. The van der Waals surface area contributed by atoms with Crippen molar-refractivity contribution in [2.24, 2.45) is 0 Å². The van der Waals surface area contributed by atoms with Gasteiger partial charge in [-0.2, -0.15) is 5.10 Å². The van der Waals surface area contributed by atoms with E-state index in [-0.39, 0.29) is 0 Å². The van der Waals surface area contributed by atoms with E-state index in [1.807, 2.05) is 23.9 Å². The molecular weight excluding hydrogens is 230 g/mol. The minimum absolute atomic E-state index is 0.760. The third-order valence-electron chi connectivity index (χ3n) is 2.53. The molecule has 18 heavy (non-hydrogen) atoms. The van der Waals surface area contributed by atoms with Crippen molar-refractivity contribution in [3.05, 3.63) is 42.5 Å². The van der Waals surface area contributed by atoms with Crippen LogP contribution in [0.4, 0.5) is 0 Å². The molecule has 2 heterocycles. The van der Waals surface area contributed by atoms with Crippen molar-refractivity contribution in [2.45, 2.75) is 13.5 Å². The largest absolute Gasteiger partial charge is 0.478 e. The zero-order valence-electron chi connectivity index (χ0n) is 9.95. The molecule has 0 aliphatic rings. The van der Waals surface area contributed by atoms with Crippen molar-refractivity contribution in [3.8, 4) is 11.1 Å². The number of pyridine rings is 1. The average molecular weight is 243 g/mol. The molecule has 5 heteroatoms. The normalized spacial score (nSPS) is 10.9. The molecule has 1 N–H and O–H groups in total. The summed E-state index contributed by atoms with van der Waals surface area (Å²) in [4.78, 5) is 14.6. The van der Waals surface area contributed by atoms with Gasteiger partial charge in [0.2, 0.25) is 0 Å². The number of aliphatic carboxylic acids is 1. The van der Waals surface area contributed by atoms with Crippen LogP contribution in [0, 0.1) is 0 Å². The minimum Gasteiger partial charge on any atom is -0.478 e. The van der Waals surface area contributed by atoms with Gasteiger partial charge in [0.15, 0.2) is 0 Å². The molecule has 0 radical (unpaired) electrons. The van der Waals surface area contributed by atoms with Gasteiger partial charge in [0, 0.05) is 42.3 Å². The molecule has 0 atom stereocenters. The quantitative estimate of drug-likeness (QED) is 0.834. The summed E-state index contributed by atoms with van der Waals surface area (Å²) in [6.07, 6.45) is 9.64. The number of nitrogens with zero attached hydrogens (tertiary/aromatic N) is 3. The van der Waals surface area contributed by atoms with Gasteiger partial charge >= 0.3 is 5.97 Å². The first-order valence-electron chi connectivity index (χ1n) is 5.58. The standard InChI is InChI=1S/C13H13N3O2/c1-2-16-9-11(8-15-16)12-5-6-14-7-10(12)3-4-13(17)18/h3-9H,2H2,1H3,(H,17,18). The Balaban J connectivity index is 2.41. The van der Waals surface area contributed by atoms with Gasteiger partial charge in [-0.25, -0.2) is 4.79 Å². The van der Waals surface area contributed by atoms with E-state index in [2.05, 4.69) is 10.1 Å². The highest BCUT2D eigenvalue weighted by atomic mass is 16.4. The molecule has 2 rings (SSSR count). The Labute approximate surface area is 104 Å². The third kappa shape index (κ3) is 2.63. The third-order valence-corrected chi connectivity index (χ3v) is 2.53. The van der Waals surface area contributed by atoms with Crippen molar-refractivity contribution in [3.63, 3.8) is 0 Å². The topological polar surface area (TPSA) is 68.0 Å². The second kappa shape index (κ2) is 5.27. The summed E-state index contributed by atoms with van der Waals surface area (Å²) in [5.74, 6) is -0.978. The molecule has 0 aliphatic carbocycles. The lowest BCUT2D eigenvalue weighted by molar-refractivity contribution is -0.131. The Bertz CT molecular complexity index is 587. The lowest BCUT2D eigenvalue weighted by Crippen LogP contribution is -1.92. The number of rotatable bonds is 4. The Kier molecular flexibility index (Phi) is 3.52. The maximum atomic E-state index is 10.5.